The van der Waals surface area contributed by atoms with Gasteiger partial charge in [-0.1, -0.05) is 66.2 Å². The molecule has 1 aliphatic rings. The number of amides is 2. The van der Waals surface area contributed by atoms with Gasteiger partial charge in [0.2, 0.25) is 15.9 Å². The average Bonchev–Trinajstić information content (AvgIpc) is 3.02. The molecular formula is C33H34N4O4S. The average molecular weight is 583 g/mol. The zero-order valence-electron chi connectivity index (χ0n) is 23.5. The molecule has 1 heterocycles. The summed E-state index contributed by atoms with van der Waals surface area (Å²) in [6, 6.07) is 32.5. The molecule has 8 nitrogen and oxygen atoms in total. The number of benzene rings is 4. The lowest BCUT2D eigenvalue weighted by atomic mass is 10.1. The van der Waals surface area contributed by atoms with Gasteiger partial charge in [0.25, 0.3) is 5.91 Å². The summed E-state index contributed by atoms with van der Waals surface area (Å²) in [5.41, 5.74) is 4.18. The molecule has 1 aliphatic heterocycles. The van der Waals surface area contributed by atoms with Crippen LogP contribution in [0.5, 0.6) is 0 Å². The van der Waals surface area contributed by atoms with Gasteiger partial charge in [-0.05, 0) is 61.0 Å². The van der Waals surface area contributed by atoms with Gasteiger partial charge in [0.05, 0.1) is 11.4 Å². The highest BCUT2D eigenvalue weighted by molar-refractivity contribution is 7.89. The first-order valence-electron chi connectivity index (χ1n) is 13.9. The predicted molar refractivity (Wildman–Crippen MR) is 165 cm³/mol. The largest absolute Gasteiger partial charge is 0.368 e. The molecule has 5 rings (SSSR count). The van der Waals surface area contributed by atoms with E-state index in [1.165, 1.54) is 16.4 Å². The van der Waals surface area contributed by atoms with Crippen molar-refractivity contribution in [2.45, 2.75) is 18.4 Å². The van der Waals surface area contributed by atoms with Crippen molar-refractivity contribution in [3.05, 3.63) is 126 Å². The molecule has 216 valence electrons. The Kier molecular flexibility index (Phi) is 9.00. The van der Waals surface area contributed by atoms with Crippen LogP contribution < -0.4 is 10.2 Å². The maximum atomic E-state index is 13.4. The molecule has 0 aromatic heterocycles. The Morgan fingerprint density at radius 2 is 1.36 bits per heavy atom. The van der Waals surface area contributed by atoms with Crippen LogP contribution in [0, 0.1) is 6.92 Å². The van der Waals surface area contributed by atoms with Crippen molar-refractivity contribution in [3.8, 4) is 0 Å². The number of sulfonamides is 1. The maximum Gasteiger partial charge on any atom is 0.253 e. The van der Waals surface area contributed by atoms with E-state index in [0.717, 1.165) is 16.8 Å². The first kappa shape index (κ1) is 29.0. The Morgan fingerprint density at radius 1 is 0.762 bits per heavy atom. The first-order valence-corrected chi connectivity index (χ1v) is 15.3. The number of piperazine rings is 1. The van der Waals surface area contributed by atoms with E-state index in [1.807, 2.05) is 90.7 Å². The minimum Gasteiger partial charge on any atom is -0.368 e. The third-order valence-electron chi connectivity index (χ3n) is 7.28. The molecule has 0 atom stereocenters. The maximum absolute atomic E-state index is 13.4. The van der Waals surface area contributed by atoms with Gasteiger partial charge in [-0.2, -0.15) is 4.31 Å². The van der Waals surface area contributed by atoms with Crippen LogP contribution in [0.4, 0.5) is 11.4 Å². The summed E-state index contributed by atoms with van der Waals surface area (Å²) < 4.78 is 28.0. The van der Waals surface area contributed by atoms with Crippen molar-refractivity contribution in [3.63, 3.8) is 0 Å². The molecule has 0 aliphatic carbocycles. The third kappa shape index (κ3) is 7.05. The summed E-state index contributed by atoms with van der Waals surface area (Å²) in [6.45, 7) is 4.40. The zero-order valence-corrected chi connectivity index (χ0v) is 24.3. The summed E-state index contributed by atoms with van der Waals surface area (Å²) in [5.74, 6) is -0.385. The number of carbonyl (C=O) groups is 2. The molecule has 0 bridgehead atoms. The van der Waals surface area contributed by atoms with Gasteiger partial charge < -0.3 is 15.1 Å². The van der Waals surface area contributed by atoms with E-state index < -0.39 is 15.9 Å². The Hall–Kier alpha value is -4.47. The second-order valence-electron chi connectivity index (χ2n) is 10.3. The summed E-state index contributed by atoms with van der Waals surface area (Å²) in [5, 5.41) is 2.84. The van der Waals surface area contributed by atoms with Gasteiger partial charge >= 0.3 is 0 Å². The van der Waals surface area contributed by atoms with Crippen molar-refractivity contribution in [2.75, 3.05) is 42.9 Å². The van der Waals surface area contributed by atoms with Crippen molar-refractivity contribution in [2.24, 2.45) is 0 Å². The number of hydrogen-bond donors (Lipinski definition) is 1. The molecule has 1 N–H and O–H groups in total. The van der Waals surface area contributed by atoms with E-state index in [4.69, 9.17) is 0 Å². The summed E-state index contributed by atoms with van der Waals surface area (Å²) in [7, 11) is -3.90. The topological polar surface area (TPSA) is 90.0 Å². The van der Waals surface area contributed by atoms with Crippen molar-refractivity contribution >= 4 is 33.2 Å². The molecule has 4 aromatic rings. The summed E-state index contributed by atoms with van der Waals surface area (Å²) >= 11 is 0. The van der Waals surface area contributed by atoms with Crippen LogP contribution in [0.3, 0.4) is 0 Å². The van der Waals surface area contributed by atoms with Crippen molar-refractivity contribution in [1.29, 1.82) is 0 Å². The number of nitrogens with zero attached hydrogens (tertiary/aromatic N) is 3. The second-order valence-corrected chi connectivity index (χ2v) is 12.3. The van der Waals surface area contributed by atoms with Gasteiger partial charge in [-0.25, -0.2) is 8.42 Å². The number of aryl methyl sites for hydroxylation is 1. The van der Waals surface area contributed by atoms with Crippen molar-refractivity contribution < 1.29 is 18.0 Å². The number of anilines is 2. The van der Waals surface area contributed by atoms with Gasteiger partial charge in [-0.3, -0.25) is 9.59 Å². The fraction of sp³-hybridized carbons (Fsp3) is 0.212. The number of nitrogens with one attached hydrogen (secondary N) is 1. The lowest BCUT2D eigenvalue weighted by molar-refractivity contribution is -0.116. The van der Waals surface area contributed by atoms with Crippen molar-refractivity contribution in [1.82, 2.24) is 9.21 Å². The van der Waals surface area contributed by atoms with Gasteiger partial charge in [0, 0.05) is 49.7 Å². The fourth-order valence-corrected chi connectivity index (χ4v) is 6.32. The molecule has 9 heteroatoms. The third-order valence-corrected chi connectivity index (χ3v) is 9.09. The van der Waals surface area contributed by atoms with E-state index in [-0.39, 0.29) is 23.9 Å². The lowest BCUT2D eigenvalue weighted by Gasteiger charge is -2.36. The minimum atomic E-state index is -3.90. The smallest absolute Gasteiger partial charge is 0.253 e. The van der Waals surface area contributed by atoms with Crippen LogP contribution in [-0.4, -0.2) is 62.2 Å². The predicted octanol–water partition coefficient (Wildman–Crippen LogP) is 4.79. The molecule has 0 spiro atoms. The first-order chi connectivity index (χ1) is 20.3. The molecule has 42 heavy (non-hydrogen) atoms. The lowest BCUT2D eigenvalue weighted by Crippen LogP contribution is -2.48. The Balaban J connectivity index is 1.20. The molecular weight excluding hydrogens is 548 g/mol. The highest BCUT2D eigenvalue weighted by Gasteiger charge is 2.27. The molecule has 4 aromatic carbocycles. The molecule has 0 unspecified atom stereocenters. The number of rotatable bonds is 9. The number of carbonyl (C=O) groups excluding carboxylic acids is 2. The summed E-state index contributed by atoms with van der Waals surface area (Å²) in [4.78, 5) is 30.1. The van der Waals surface area contributed by atoms with Gasteiger partial charge in [-0.15, -0.1) is 0 Å². The molecule has 2 amide bonds. The van der Waals surface area contributed by atoms with Gasteiger partial charge in [0.15, 0.2) is 0 Å². The molecule has 0 saturated carbocycles. The minimum absolute atomic E-state index is 0.0447. The standard InChI is InChI=1S/C33H34N4O4S/c1-26-12-14-28(15-13-26)33(39)36-22-20-35(21-23-36)30-18-16-29(17-19-30)34-32(38)25-37(24-27-8-4-2-5-9-27)42(40,41)31-10-6-3-7-11-31/h2-19H,20-25H2,1H3,(H,34,38). The van der Waals surface area contributed by atoms with E-state index in [0.29, 0.717) is 37.4 Å². The highest BCUT2D eigenvalue weighted by atomic mass is 32.2. The van der Waals surface area contributed by atoms with Crippen LogP contribution >= 0.6 is 0 Å². The fourth-order valence-electron chi connectivity index (χ4n) is 4.92. The Bertz CT molecular complexity index is 1600. The Labute approximate surface area is 247 Å². The SMILES string of the molecule is Cc1ccc(C(=O)N2CCN(c3ccc(NC(=O)CN(Cc4ccccc4)S(=O)(=O)c4ccccc4)cc3)CC2)cc1. The van der Waals surface area contributed by atoms with Crippen LogP contribution in [0.25, 0.3) is 0 Å². The molecule has 0 radical (unpaired) electrons. The second kappa shape index (κ2) is 13.0. The van der Waals surface area contributed by atoms with E-state index in [9.17, 15) is 18.0 Å². The molecule has 1 saturated heterocycles. The monoisotopic (exact) mass is 582 g/mol. The Morgan fingerprint density at radius 3 is 1.98 bits per heavy atom. The van der Waals surface area contributed by atoms with E-state index in [1.54, 1.807) is 18.2 Å². The van der Waals surface area contributed by atoms with Gasteiger partial charge in [0.1, 0.15) is 0 Å². The quantitative estimate of drug-likeness (QED) is 0.307. The number of hydrogen-bond acceptors (Lipinski definition) is 5. The zero-order chi connectivity index (χ0) is 29.5. The van der Waals surface area contributed by atoms with E-state index >= 15 is 0 Å². The van der Waals surface area contributed by atoms with Crippen LogP contribution in [0.15, 0.2) is 114 Å². The molecule has 1 fully saturated rings. The van der Waals surface area contributed by atoms with Crippen LogP contribution in [0.1, 0.15) is 21.5 Å². The van der Waals surface area contributed by atoms with E-state index in [2.05, 4.69) is 10.2 Å². The summed E-state index contributed by atoms with van der Waals surface area (Å²) in [6.07, 6.45) is 0. The normalized spacial score (nSPS) is 13.7. The highest BCUT2D eigenvalue weighted by Crippen LogP contribution is 2.22. The van der Waals surface area contributed by atoms with Crippen LogP contribution in [0.2, 0.25) is 0 Å². The van der Waals surface area contributed by atoms with Crippen LogP contribution in [-0.2, 0) is 21.4 Å².